The molecular formula is C18H18BrNO2. The van der Waals surface area contributed by atoms with Crippen molar-refractivity contribution in [3.05, 3.63) is 64.1 Å². The quantitative estimate of drug-likeness (QED) is 0.881. The molecule has 0 bridgehead atoms. The summed E-state index contributed by atoms with van der Waals surface area (Å²) in [5, 5.41) is 3.06. The molecule has 114 valence electrons. The maximum absolute atomic E-state index is 12.6. The predicted molar refractivity (Wildman–Crippen MR) is 89.9 cm³/mol. The monoisotopic (exact) mass is 359 g/mol. The van der Waals surface area contributed by atoms with E-state index >= 15 is 0 Å². The third-order valence-electron chi connectivity index (χ3n) is 4.19. The van der Waals surface area contributed by atoms with Crippen molar-refractivity contribution in [1.82, 2.24) is 5.32 Å². The van der Waals surface area contributed by atoms with Crippen LogP contribution in [0.15, 0.2) is 53.0 Å². The van der Waals surface area contributed by atoms with E-state index in [1.807, 2.05) is 48.5 Å². The number of amides is 1. The highest BCUT2D eigenvalue weighted by Gasteiger charge is 2.51. The normalized spacial score (nSPS) is 15.2. The van der Waals surface area contributed by atoms with Crippen LogP contribution >= 0.6 is 15.9 Å². The number of carbonyl (C=O) groups excluding carboxylic acids is 1. The zero-order valence-corrected chi connectivity index (χ0v) is 14.0. The van der Waals surface area contributed by atoms with Crippen LogP contribution in [-0.4, -0.2) is 13.0 Å². The number of rotatable bonds is 5. The fourth-order valence-electron chi connectivity index (χ4n) is 2.75. The number of halogens is 1. The second-order valence-corrected chi connectivity index (χ2v) is 6.50. The molecule has 0 aromatic heterocycles. The maximum Gasteiger partial charge on any atom is 0.230 e. The third kappa shape index (κ3) is 2.88. The van der Waals surface area contributed by atoms with E-state index in [2.05, 4.69) is 21.2 Å². The minimum Gasteiger partial charge on any atom is -0.496 e. The number of para-hydroxylation sites is 1. The van der Waals surface area contributed by atoms with Gasteiger partial charge >= 0.3 is 0 Å². The van der Waals surface area contributed by atoms with Crippen molar-refractivity contribution in [2.75, 3.05) is 7.11 Å². The molecular weight excluding hydrogens is 342 g/mol. The Labute approximate surface area is 138 Å². The van der Waals surface area contributed by atoms with Gasteiger partial charge in [0, 0.05) is 16.6 Å². The number of methoxy groups -OCH3 is 1. The number of hydrogen-bond donors (Lipinski definition) is 1. The van der Waals surface area contributed by atoms with Crippen LogP contribution in [0, 0.1) is 0 Å². The van der Waals surface area contributed by atoms with Gasteiger partial charge in [0.05, 0.1) is 12.5 Å². The average Bonchev–Trinajstić information content (AvgIpc) is 3.35. The lowest BCUT2D eigenvalue weighted by Crippen LogP contribution is -2.34. The standard InChI is InChI=1S/C18H18BrNO2/c1-22-16-8-3-2-5-13(16)12-20-17(21)18(9-10-18)14-6-4-7-15(19)11-14/h2-8,11H,9-10,12H2,1H3,(H,20,21). The topological polar surface area (TPSA) is 38.3 Å². The van der Waals surface area contributed by atoms with Crippen LogP contribution in [-0.2, 0) is 16.8 Å². The Bertz CT molecular complexity index is 695. The predicted octanol–water partition coefficient (Wildman–Crippen LogP) is 3.81. The van der Waals surface area contributed by atoms with Gasteiger partial charge in [-0.2, -0.15) is 0 Å². The van der Waals surface area contributed by atoms with Gasteiger partial charge < -0.3 is 10.1 Å². The minimum absolute atomic E-state index is 0.0940. The summed E-state index contributed by atoms with van der Waals surface area (Å²) in [6.45, 7) is 0.485. The van der Waals surface area contributed by atoms with E-state index in [1.54, 1.807) is 7.11 Å². The lowest BCUT2D eigenvalue weighted by molar-refractivity contribution is -0.123. The number of ether oxygens (including phenoxy) is 1. The zero-order valence-electron chi connectivity index (χ0n) is 12.4. The molecule has 0 spiro atoms. The molecule has 1 N–H and O–H groups in total. The molecule has 1 fully saturated rings. The van der Waals surface area contributed by atoms with E-state index in [4.69, 9.17) is 4.74 Å². The number of nitrogens with one attached hydrogen (secondary N) is 1. The number of hydrogen-bond acceptors (Lipinski definition) is 2. The van der Waals surface area contributed by atoms with Gasteiger partial charge in [-0.1, -0.05) is 46.3 Å². The lowest BCUT2D eigenvalue weighted by atomic mass is 9.95. The first kappa shape index (κ1) is 15.1. The molecule has 22 heavy (non-hydrogen) atoms. The molecule has 0 saturated heterocycles. The summed E-state index contributed by atoms with van der Waals surface area (Å²) in [4.78, 5) is 12.6. The molecule has 1 saturated carbocycles. The van der Waals surface area contributed by atoms with Gasteiger partial charge in [-0.05, 0) is 36.6 Å². The number of carbonyl (C=O) groups is 1. The van der Waals surface area contributed by atoms with E-state index in [0.717, 1.165) is 34.2 Å². The summed E-state index contributed by atoms with van der Waals surface area (Å²) >= 11 is 3.48. The second-order valence-electron chi connectivity index (χ2n) is 5.59. The molecule has 0 atom stereocenters. The number of benzene rings is 2. The Morgan fingerprint density at radius 1 is 1.23 bits per heavy atom. The molecule has 1 aliphatic carbocycles. The van der Waals surface area contributed by atoms with E-state index in [0.29, 0.717) is 6.54 Å². The van der Waals surface area contributed by atoms with E-state index in [9.17, 15) is 4.79 Å². The molecule has 1 amide bonds. The Hall–Kier alpha value is -1.81. The molecule has 0 unspecified atom stereocenters. The van der Waals surface area contributed by atoms with Crippen molar-refractivity contribution in [3.63, 3.8) is 0 Å². The van der Waals surface area contributed by atoms with Crippen molar-refractivity contribution in [3.8, 4) is 5.75 Å². The van der Waals surface area contributed by atoms with Gasteiger partial charge in [-0.25, -0.2) is 0 Å². The first-order chi connectivity index (χ1) is 10.7. The lowest BCUT2D eigenvalue weighted by Gasteiger charge is -2.17. The first-order valence-corrected chi connectivity index (χ1v) is 8.11. The summed E-state index contributed by atoms with van der Waals surface area (Å²) in [6, 6.07) is 15.8. The Morgan fingerprint density at radius 2 is 2.00 bits per heavy atom. The Kier molecular flexibility index (Phi) is 4.21. The van der Waals surface area contributed by atoms with Gasteiger partial charge in [0.1, 0.15) is 5.75 Å². The summed E-state index contributed by atoms with van der Waals surface area (Å²) in [5.41, 5.74) is 1.72. The summed E-state index contributed by atoms with van der Waals surface area (Å²) in [6.07, 6.45) is 1.81. The summed E-state index contributed by atoms with van der Waals surface area (Å²) in [7, 11) is 1.64. The highest BCUT2D eigenvalue weighted by atomic mass is 79.9. The fraction of sp³-hybridized carbons (Fsp3) is 0.278. The van der Waals surface area contributed by atoms with Crippen molar-refractivity contribution >= 4 is 21.8 Å². The fourth-order valence-corrected chi connectivity index (χ4v) is 3.15. The molecule has 1 aliphatic rings. The SMILES string of the molecule is COc1ccccc1CNC(=O)C1(c2cccc(Br)c2)CC1. The second kappa shape index (κ2) is 6.13. The van der Waals surface area contributed by atoms with Crippen molar-refractivity contribution in [2.24, 2.45) is 0 Å². The van der Waals surface area contributed by atoms with Crippen molar-refractivity contribution in [2.45, 2.75) is 24.8 Å². The molecule has 3 nitrogen and oxygen atoms in total. The minimum atomic E-state index is -0.355. The Morgan fingerprint density at radius 3 is 2.68 bits per heavy atom. The van der Waals surface area contributed by atoms with Crippen LogP contribution in [0.1, 0.15) is 24.0 Å². The van der Waals surface area contributed by atoms with Crippen LogP contribution in [0.3, 0.4) is 0 Å². The largest absolute Gasteiger partial charge is 0.496 e. The highest BCUT2D eigenvalue weighted by Crippen LogP contribution is 2.48. The zero-order chi connectivity index (χ0) is 15.6. The van der Waals surface area contributed by atoms with Crippen LogP contribution < -0.4 is 10.1 Å². The summed E-state index contributed by atoms with van der Waals surface area (Å²) < 4.78 is 6.33. The smallest absolute Gasteiger partial charge is 0.230 e. The van der Waals surface area contributed by atoms with E-state index < -0.39 is 0 Å². The molecule has 0 radical (unpaired) electrons. The van der Waals surface area contributed by atoms with E-state index in [-0.39, 0.29) is 11.3 Å². The molecule has 2 aromatic carbocycles. The van der Waals surface area contributed by atoms with E-state index in [1.165, 1.54) is 0 Å². The van der Waals surface area contributed by atoms with Gasteiger partial charge in [0.15, 0.2) is 0 Å². The van der Waals surface area contributed by atoms with Crippen LogP contribution in [0.25, 0.3) is 0 Å². The molecule has 0 heterocycles. The van der Waals surface area contributed by atoms with Gasteiger partial charge in [-0.3, -0.25) is 4.79 Å². The first-order valence-electron chi connectivity index (χ1n) is 7.32. The average molecular weight is 360 g/mol. The summed E-state index contributed by atoms with van der Waals surface area (Å²) in [5.74, 6) is 0.895. The third-order valence-corrected chi connectivity index (χ3v) is 4.69. The van der Waals surface area contributed by atoms with Gasteiger partial charge in [-0.15, -0.1) is 0 Å². The van der Waals surface area contributed by atoms with Crippen molar-refractivity contribution in [1.29, 1.82) is 0 Å². The van der Waals surface area contributed by atoms with Gasteiger partial charge in [0.25, 0.3) is 0 Å². The van der Waals surface area contributed by atoms with Gasteiger partial charge in [0.2, 0.25) is 5.91 Å². The molecule has 0 aliphatic heterocycles. The van der Waals surface area contributed by atoms with Crippen LogP contribution in [0.4, 0.5) is 0 Å². The Balaban J connectivity index is 1.72. The maximum atomic E-state index is 12.6. The van der Waals surface area contributed by atoms with Crippen molar-refractivity contribution < 1.29 is 9.53 Å². The molecule has 4 heteroatoms. The highest BCUT2D eigenvalue weighted by molar-refractivity contribution is 9.10. The molecule has 2 aromatic rings. The van der Waals surface area contributed by atoms with Crippen LogP contribution in [0.5, 0.6) is 5.75 Å². The molecule has 3 rings (SSSR count). The van der Waals surface area contributed by atoms with Crippen LogP contribution in [0.2, 0.25) is 0 Å².